The number of carboxylic acid groups (broad SMARTS) is 1. The number of amides is 1. The van der Waals surface area contributed by atoms with E-state index in [-0.39, 0.29) is 12.0 Å². The number of hydrogen-bond donors (Lipinski definition) is 1. The Bertz CT molecular complexity index is 716. The van der Waals surface area contributed by atoms with Crippen LogP contribution < -0.4 is 19.9 Å². The lowest BCUT2D eigenvalue weighted by Crippen LogP contribution is -2.39. The molecule has 2 heterocycles. The summed E-state index contributed by atoms with van der Waals surface area (Å²) in [4.78, 5) is 22.1. The number of nitrogens with zero attached hydrogens (tertiary/aromatic N) is 2. The van der Waals surface area contributed by atoms with E-state index in [2.05, 4.69) is 15.5 Å². The molecule has 3 rings (SSSR count). The molecule has 1 N–H and O–H groups in total. The normalized spacial score (nSPS) is 22.0. The van der Waals surface area contributed by atoms with Crippen LogP contribution in [-0.2, 0) is 9.59 Å². The summed E-state index contributed by atoms with van der Waals surface area (Å²) in [5, 5.41) is 19.7. The van der Waals surface area contributed by atoms with Crippen molar-refractivity contribution < 1.29 is 24.2 Å². The van der Waals surface area contributed by atoms with Crippen molar-refractivity contribution in [1.82, 2.24) is 5.32 Å². The van der Waals surface area contributed by atoms with Crippen molar-refractivity contribution in [3.63, 3.8) is 0 Å². The third kappa shape index (κ3) is 2.75. The zero-order chi connectivity index (χ0) is 15.7. The summed E-state index contributed by atoms with van der Waals surface area (Å²) in [6, 6.07) is 5.34. The zero-order valence-corrected chi connectivity index (χ0v) is 12.2. The first-order valence-electron chi connectivity index (χ1n) is 6.25. The fraction of sp³-hybridized carbons (Fsp3) is 0.231. The number of carbonyl (C=O) groups is 2. The Morgan fingerprint density at radius 3 is 2.91 bits per heavy atom. The van der Waals surface area contributed by atoms with Crippen molar-refractivity contribution in [2.75, 3.05) is 6.79 Å². The number of nitrogens with one attached hydrogen (secondary N) is 1. The predicted molar refractivity (Wildman–Crippen MR) is 76.7 cm³/mol. The average molecular weight is 320 g/mol. The second kappa shape index (κ2) is 5.68. The standard InChI is InChI=1S/C13H11N3O5S/c1-6(7-2-3-8-9(4-7)21-5-20-8)15-16-13-14-11(17)10(22-13)12(18)19/h2-4,10H,5H2,1H3,(H,18,19)(H,14,16,17)/p-1/b15-6+/t10-/m0/s1. The van der Waals surface area contributed by atoms with Gasteiger partial charge >= 0.3 is 0 Å². The van der Waals surface area contributed by atoms with Crippen LogP contribution in [0.2, 0.25) is 0 Å². The minimum absolute atomic E-state index is 0.124. The van der Waals surface area contributed by atoms with Crippen LogP contribution in [0.4, 0.5) is 0 Å². The molecule has 1 aromatic rings. The summed E-state index contributed by atoms with van der Waals surface area (Å²) in [5.41, 5.74) is 1.36. The van der Waals surface area contributed by atoms with Crippen LogP contribution in [0, 0.1) is 0 Å². The van der Waals surface area contributed by atoms with Crippen molar-refractivity contribution >= 4 is 34.5 Å². The van der Waals surface area contributed by atoms with E-state index in [0.717, 1.165) is 17.3 Å². The fourth-order valence-electron chi connectivity index (χ4n) is 1.87. The number of amidine groups is 1. The van der Waals surface area contributed by atoms with Gasteiger partial charge in [-0.2, -0.15) is 5.10 Å². The molecule has 1 aromatic carbocycles. The molecule has 22 heavy (non-hydrogen) atoms. The van der Waals surface area contributed by atoms with Gasteiger partial charge in [-0.25, -0.2) is 0 Å². The molecule has 1 atom stereocenters. The van der Waals surface area contributed by atoms with E-state index in [1.165, 1.54) is 0 Å². The van der Waals surface area contributed by atoms with Gasteiger partial charge in [0.25, 0.3) is 0 Å². The minimum atomic E-state index is -1.45. The number of carboxylic acids is 1. The highest BCUT2D eigenvalue weighted by Crippen LogP contribution is 2.32. The van der Waals surface area contributed by atoms with Gasteiger partial charge in [-0.1, -0.05) is 11.8 Å². The predicted octanol–water partition coefficient (Wildman–Crippen LogP) is -0.523. The molecule has 2 aliphatic heterocycles. The van der Waals surface area contributed by atoms with Gasteiger partial charge in [0.15, 0.2) is 16.7 Å². The first kappa shape index (κ1) is 14.4. The van der Waals surface area contributed by atoms with Gasteiger partial charge in [0, 0.05) is 5.56 Å². The lowest BCUT2D eigenvalue weighted by atomic mass is 10.1. The number of fused-ring (bicyclic) bond motifs is 1. The maximum Gasteiger partial charge on any atom is 0.245 e. The van der Waals surface area contributed by atoms with Crippen LogP contribution in [0.25, 0.3) is 0 Å². The van der Waals surface area contributed by atoms with Gasteiger partial charge in [-0.15, -0.1) is 5.10 Å². The summed E-state index contributed by atoms with van der Waals surface area (Å²) in [6.07, 6.45) is 0. The van der Waals surface area contributed by atoms with Gasteiger partial charge in [0.2, 0.25) is 12.7 Å². The van der Waals surface area contributed by atoms with Crippen molar-refractivity contribution in [1.29, 1.82) is 0 Å². The van der Waals surface area contributed by atoms with Crippen molar-refractivity contribution in [2.24, 2.45) is 10.2 Å². The zero-order valence-electron chi connectivity index (χ0n) is 11.4. The van der Waals surface area contributed by atoms with E-state index < -0.39 is 17.1 Å². The highest BCUT2D eigenvalue weighted by atomic mass is 32.2. The van der Waals surface area contributed by atoms with E-state index in [0.29, 0.717) is 17.2 Å². The summed E-state index contributed by atoms with van der Waals surface area (Å²) in [7, 11) is 0. The lowest BCUT2D eigenvalue weighted by Gasteiger charge is -2.03. The average Bonchev–Trinajstić information content (AvgIpc) is 3.09. The Balaban J connectivity index is 1.77. The minimum Gasteiger partial charge on any atom is -0.548 e. The molecule has 0 radical (unpaired) electrons. The number of ether oxygens (including phenoxy) is 2. The molecule has 0 aliphatic carbocycles. The molecule has 2 aliphatic rings. The van der Waals surface area contributed by atoms with Gasteiger partial charge in [-0.3, -0.25) is 4.79 Å². The summed E-state index contributed by atoms with van der Waals surface area (Å²) in [6.45, 7) is 1.92. The molecule has 8 nitrogen and oxygen atoms in total. The molecular formula is C13H10N3O5S-. The quantitative estimate of drug-likeness (QED) is 0.455. The van der Waals surface area contributed by atoms with E-state index in [4.69, 9.17) is 9.47 Å². The fourth-order valence-corrected chi connectivity index (χ4v) is 2.60. The van der Waals surface area contributed by atoms with Crippen LogP contribution in [-0.4, -0.2) is 34.8 Å². The van der Waals surface area contributed by atoms with Crippen LogP contribution >= 0.6 is 11.8 Å². The van der Waals surface area contributed by atoms with E-state index in [9.17, 15) is 14.7 Å². The molecular weight excluding hydrogens is 310 g/mol. The number of hydrogen-bond acceptors (Lipinski definition) is 8. The number of aliphatic carboxylic acids is 1. The number of carbonyl (C=O) groups excluding carboxylic acids is 2. The smallest absolute Gasteiger partial charge is 0.245 e. The summed E-state index contributed by atoms with van der Waals surface area (Å²) < 4.78 is 10.5. The monoisotopic (exact) mass is 320 g/mol. The van der Waals surface area contributed by atoms with Gasteiger partial charge in [0.05, 0.1) is 11.7 Å². The maximum atomic E-state index is 11.4. The van der Waals surface area contributed by atoms with Crippen LogP contribution in [0.3, 0.4) is 0 Å². The topological polar surface area (TPSA) is 112 Å². The third-order valence-corrected chi connectivity index (χ3v) is 4.04. The lowest BCUT2D eigenvalue weighted by molar-refractivity contribution is -0.303. The largest absolute Gasteiger partial charge is 0.548 e. The number of benzene rings is 1. The Morgan fingerprint density at radius 2 is 2.18 bits per heavy atom. The highest BCUT2D eigenvalue weighted by molar-refractivity contribution is 8.16. The maximum absolute atomic E-state index is 11.4. The summed E-state index contributed by atoms with van der Waals surface area (Å²) >= 11 is 0.760. The van der Waals surface area contributed by atoms with Crippen molar-refractivity contribution in [3.05, 3.63) is 23.8 Å². The number of rotatable bonds is 3. The Hall–Kier alpha value is -2.55. The highest BCUT2D eigenvalue weighted by Gasteiger charge is 2.31. The molecule has 1 saturated heterocycles. The van der Waals surface area contributed by atoms with Gasteiger partial charge in [-0.05, 0) is 25.1 Å². The molecule has 9 heteroatoms. The Labute approximate surface area is 129 Å². The van der Waals surface area contributed by atoms with Crippen molar-refractivity contribution in [3.8, 4) is 11.5 Å². The SMILES string of the molecule is C/C(=N\N=C1\NC(=O)[C@@H](C(=O)[O-])S1)c1ccc2c(c1)OCO2. The first-order valence-corrected chi connectivity index (χ1v) is 7.13. The molecule has 0 spiro atoms. The van der Waals surface area contributed by atoms with Crippen LogP contribution in [0.1, 0.15) is 12.5 Å². The molecule has 0 aromatic heterocycles. The Kier molecular flexibility index (Phi) is 3.72. The van der Waals surface area contributed by atoms with Gasteiger partial charge < -0.3 is 24.7 Å². The molecule has 114 valence electrons. The number of thioether (sulfide) groups is 1. The Morgan fingerprint density at radius 1 is 1.41 bits per heavy atom. The molecule has 1 fully saturated rings. The molecule has 0 bridgehead atoms. The second-order valence-corrected chi connectivity index (χ2v) is 5.56. The first-order chi connectivity index (χ1) is 10.5. The van der Waals surface area contributed by atoms with Crippen molar-refractivity contribution in [2.45, 2.75) is 12.2 Å². The molecule has 0 unspecified atom stereocenters. The van der Waals surface area contributed by atoms with Crippen LogP contribution in [0.5, 0.6) is 11.5 Å². The van der Waals surface area contributed by atoms with E-state index in [1.54, 1.807) is 25.1 Å². The third-order valence-electron chi connectivity index (χ3n) is 2.99. The van der Waals surface area contributed by atoms with E-state index in [1.807, 2.05) is 0 Å². The molecule has 0 saturated carbocycles. The van der Waals surface area contributed by atoms with Gasteiger partial charge in [0.1, 0.15) is 5.25 Å². The summed E-state index contributed by atoms with van der Waals surface area (Å²) in [5.74, 6) is -0.831. The second-order valence-electron chi connectivity index (χ2n) is 4.46. The molecule has 1 amide bonds. The van der Waals surface area contributed by atoms with Crippen LogP contribution in [0.15, 0.2) is 28.4 Å². The van der Waals surface area contributed by atoms with E-state index >= 15 is 0 Å².